The Morgan fingerprint density at radius 2 is 2.10 bits per heavy atom. The summed E-state index contributed by atoms with van der Waals surface area (Å²) in [7, 11) is 4.16. The van der Waals surface area contributed by atoms with E-state index in [1.165, 1.54) is 12.1 Å². The summed E-state index contributed by atoms with van der Waals surface area (Å²) in [5, 5.41) is 8.85. The van der Waals surface area contributed by atoms with Crippen molar-refractivity contribution in [3.8, 4) is 0 Å². The third-order valence-electron chi connectivity index (χ3n) is 3.81. The lowest BCUT2D eigenvalue weighted by molar-refractivity contribution is 0.358. The van der Waals surface area contributed by atoms with E-state index in [2.05, 4.69) is 54.9 Å². The number of nitrogens with one attached hydrogen (secondary N) is 1. The van der Waals surface area contributed by atoms with Crippen molar-refractivity contribution in [2.45, 2.75) is 52.6 Å². The van der Waals surface area contributed by atoms with Gasteiger partial charge in [0.2, 0.25) is 0 Å². The van der Waals surface area contributed by atoms with Gasteiger partial charge in [0.1, 0.15) is 0 Å². The number of likely N-dealkylation sites (N-methyl/N-ethyl adjacent to an activating group) is 1. The third-order valence-corrected chi connectivity index (χ3v) is 4.13. The molecular weight excluding hydrogens is 284 g/mol. The van der Waals surface area contributed by atoms with E-state index in [-0.39, 0.29) is 0 Å². The summed E-state index contributed by atoms with van der Waals surface area (Å²) in [6, 6.07) is 0.540. The highest BCUT2D eigenvalue weighted by molar-refractivity contribution is 6.31. The molecule has 1 atom stereocenters. The number of nitrogens with zero attached hydrogens (tertiary/aromatic N) is 3. The number of aromatic nitrogens is 2. The van der Waals surface area contributed by atoms with Crippen LogP contribution in [0.1, 0.15) is 39.3 Å². The minimum Gasteiger partial charge on any atom is -0.314 e. The first-order valence-electron chi connectivity index (χ1n) is 8.04. The molecule has 0 saturated heterocycles. The summed E-state index contributed by atoms with van der Waals surface area (Å²) in [6.07, 6.45) is 5.03. The first kappa shape index (κ1) is 18.5. The van der Waals surface area contributed by atoms with Gasteiger partial charge >= 0.3 is 0 Å². The highest BCUT2D eigenvalue weighted by atomic mass is 35.5. The molecule has 122 valence electrons. The zero-order chi connectivity index (χ0) is 15.8. The quantitative estimate of drug-likeness (QED) is 0.720. The average Bonchev–Trinajstić information content (AvgIpc) is 2.77. The van der Waals surface area contributed by atoms with Gasteiger partial charge in [-0.1, -0.05) is 32.4 Å². The average molecular weight is 315 g/mol. The van der Waals surface area contributed by atoms with Gasteiger partial charge in [0.25, 0.3) is 0 Å². The fraction of sp³-hybridized carbons (Fsp3) is 0.812. The van der Waals surface area contributed by atoms with E-state index < -0.39 is 0 Å². The molecule has 5 heteroatoms. The van der Waals surface area contributed by atoms with E-state index in [1.807, 2.05) is 0 Å². The Hall–Kier alpha value is -0.580. The molecule has 0 radical (unpaired) electrons. The minimum absolute atomic E-state index is 0.540. The van der Waals surface area contributed by atoms with Crippen LogP contribution in [-0.2, 0) is 13.0 Å². The van der Waals surface area contributed by atoms with Crippen molar-refractivity contribution in [3.63, 3.8) is 0 Å². The fourth-order valence-corrected chi connectivity index (χ4v) is 2.65. The summed E-state index contributed by atoms with van der Waals surface area (Å²) in [4.78, 5) is 2.17. The first-order valence-corrected chi connectivity index (χ1v) is 8.41. The number of rotatable bonds is 10. The minimum atomic E-state index is 0.540. The number of hydrogen-bond donors (Lipinski definition) is 1. The molecule has 0 aromatic carbocycles. The molecule has 1 unspecified atom stereocenters. The second-order valence-corrected chi connectivity index (χ2v) is 6.72. The normalized spacial score (nSPS) is 13.3. The molecule has 0 aliphatic heterocycles. The van der Waals surface area contributed by atoms with E-state index >= 15 is 0 Å². The van der Waals surface area contributed by atoms with Crippen LogP contribution in [0, 0.1) is 5.92 Å². The number of halogens is 1. The van der Waals surface area contributed by atoms with E-state index in [9.17, 15) is 0 Å². The highest BCUT2D eigenvalue weighted by Gasteiger charge is 2.15. The molecule has 0 fully saturated rings. The van der Waals surface area contributed by atoms with Crippen LogP contribution in [-0.4, -0.2) is 47.9 Å². The van der Waals surface area contributed by atoms with E-state index in [1.54, 1.807) is 6.20 Å². The Balaban J connectivity index is 2.61. The molecule has 1 aromatic heterocycles. The summed E-state index contributed by atoms with van der Waals surface area (Å²) >= 11 is 6.31. The molecule has 1 rings (SSSR count). The topological polar surface area (TPSA) is 33.1 Å². The van der Waals surface area contributed by atoms with Gasteiger partial charge in [0, 0.05) is 12.6 Å². The SMILES string of the molecule is CCCNC(CCc1c(Cl)cnn1CCN(C)C)C(C)C. The zero-order valence-electron chi connectivity index (χ0n) is 14.2. The molecule has 4 nitrogen and oxygen atoms in total. The molecule has 0 spiro atoms. The molecule has 0 aliphatic rings. The van der Waals surface area contributed by atoms with Gasteiger partial charge in [-0.05, 0) is 45.8 Å². The van der Waals surface area contributed by atoms with Gasteiger partial charge in [-0.25, -0.2) is 0 Å². The monoisotopic (exact) mass is 314 g/mol. The Morgan fingerprint density at radius 1 is 1.38 bits per heavy atom. The Morgan fingerprint density at radius 3 is 2.67 bits per heavy atom. The van der Waals surface area contributed by atoms with Gasteiger partial charge in [0.05, 0.1) is 23.5 Å². The fourth-order valence-electron chi connectivity index (χ4n) is 2.42. The maximum absolute atomic E-state index is 6.31. The van der Waals surface area contributed by atoms with Crippen molar-refractivity contribution in [2.24, 2.45) is 5.92 Å². The highest BCUT2D eigenvalue weighted by Crippen LogP contribution is 2.19. The summed E-state index contributed by atoms with van der Waals surface area (Å²) in [6.45, 7) is 9.71. The summed E-state index contributed by atoms with van der Waals surface area (Å²) in [5.41, 5.74) is 1.17. The Labute approximate surface area is 134 Å². The standard InChI is InChI=1S/C16H31ClN4/c1-6-9-18-15(13(2)3)7-8-16-14(17)12-19-21(16)11-10-20(4)5/h12-13,15,18H,6-11H2,1-5H3. The van der Waals surface area contributed by atoms with Crippen LogP contribution in [0.25, 0.3) is 0 Å². The Kier molecular flexibility index (Phi) is 8.30. The van der Waals surface area contributed by atoms with Crippen molar-refractivity contribution < 1.29 is 0 Å². The molecule has 1 N–H and O–H groups in total. The summed E-state index contributed by atoms with van der Waals surface area (Å²) < 4.78 is 2.06. The largest absolute Gasteiger partial charge is 0.314 e. The van der Waals surface area contributed by atoms with Crippen LogP contribution in [0.4, 0.5) is 0 Å². The molecule has 1 aromatic rings. The van der Waals surface area contributed by atoms with Gasteiger partial charge in [-0.15, -0.1) is 0 Å². The predicted molar refractivity (Wildman–Crippen MR) is 91.0 cm³/mol. The second kappa shape index (κ2) is 9.44. The van der Waals surface area contributed by atoms with Gasteiger partial charge < -0.3 is 10.2 Å². The molecule has 0 bridgehead atoms. The predicted octanol–water partition coefficient (Wildman–Crippen LogP) is 3.05. The van der Waals surface area contributed by atoms with Crippen LogP contribution in [0.5, 0.6) is 0 Å². The lowest BCUT2D eigenvalue weighted by Gasteiger charge is -2.22. The lowest BCUT2D eigenvalue weighted by Crippen LogP contribution is -2.35. The maximum Gasteiger partial charge on any atom is 0.0817 e. The van der Waals surface area contributed by atoms with E-state index in [0.717, 1.165) is 37.5 Å². The summed E-state index contributed by atoms with van der Waals surface area (Å²) in [5.74, 6) is 0.633. The van der Waals surface area contributed by atoms with Crippen LogP contribution in [0.15, 0.2) is 6.20 Å². The van der Waals surface area contributed by atoms with Gasteiger partial charge in [0.15, 0.2) is 0 Å². The van der Waals surface area contributed by atoms with Crippen LogP contribution in [0.2, 0.25) is 5.02 Å². The van der Waals surface area contributed by atoms with Gasteiger partial charge in [-0.3, -0.25) is 4.68 Å². The van der Waals surface area contributed by atoms with Crippen molar-refractivity contribution in [2.75, 3.05) is 27.2 Å². The zero-order valence-corrected chi connectivity index (χ0v) is 15.0. The third kappa shape index (κ3) is 6.37. The van der Waals surface area contributed by atoms with Gasteiger partial charge in [-0.2, -0.15) is 5.10 Å². The van der Waals surface area contributed by atoms with Crippen molar-refractivity contribution in [3.05, 3.63) is 16.9 Å². The molecular formula is C16H31ClN4. The van der Waals surface area contributed by atoms with Crippen molar-refractivity contribution >= 4 is 11.6 Å². The van der Waals surface area contributed by atoms with Crippen LogP contribution < -0.4 is 5.32 Å². The molecule has 0 saturated carbocycles. The first-order chi connectivity index (χ1) is 9.95. The van der Waals surface area contributed by atoms with Crippen molar-refractivity contribution in [1.82, 2.24) is 20.0 Å². The lowest BCUT2D eigenvalue weighted by atomic mass is 9.98. The molecule has 0 amide bonds. The molecule has 1 heterocycles. The van der Waals surface area contributed by atoms with Crippen molar-refractivity contribution in [1.29, 1.82) is 0 Å². The number of hydrogen-bond acceptors (Lipinski definition) is 3. The molecule has 0 aliphatic carbocycles. The maximum atomic E-state index is 6.31. The smallest absolute Gasteiger partial charge is 0.0817 e. The van der Waals surface area contributed by atoms with Crippen LogP contribution in [0.3, 0.4) is 0 Å². The second-order valence-electron chi connectivity index (χ2n) is 6.31. The van der Waals surface area contributed by atoms with E-state index in [4.69, 9.17) is 11.6 Å². The van der Waals surface area contributed by atoms with Crippen LogP contribution >= 0.6 is 11.6 Å². The van der Waals surface area contributed by atoms with E-state index in [0.29, 0.717) is 12.0 Å². The Bertz CT molecular complexity index is 401. The molecule has 21 heavy (non-hydrogen) atoms.